The van der Waals surface area contributed by atoms with Gasteiger partial charge in [0.05, 0.1) is 5.56 Å². The van der Waals surface area contributed by atoms with Gasteiger partial charge in [-0.2, -0.15) is 0 Å². The Kier molecular flexibility index (Phi) is 5.75. The molecule has 3 rings (SSSR count). The smallest absolute Gasteiger partial charge is 0.269 e. The van der Waals surface area contributed by atoms with Gasteiger partial charge in [-0.25, -0.2) is 12.7 Å². The Labute approximate surface area is 153 Å². The third kappa shape index (κ3) is 3.51. The minimum Gasteiger partial charge on any atom is -0.348 e. The van der Waals surface area contributed by atoms with Crippen molar-refractivity contribution in [3.8, 4) is 0 Å². The second-order valence-electron chi connectivity index (χ2n) is 6.43. The Bertz CT molecular complexity index is 789. The first-order valence-corrected chi connectivity index (χ1v) is 9.51. The maximum Gasteiger partial charge on any atom is 0.269 e. The van der Waals surface area contributed by atoms with Gasteiger partial charge in [0.1, 0.15) is 4.90 Å². The van der Waals surface area contributed by atoms with Crippen LogP contribution in [0.25, 0.3) is 0 Å². The molecular formula is C16H22ClN3O4S. The van der Waals surface area contributed by atoms with Gasteiger partial charge in [-0.05, 0) is 51.4 Å². The second-order valence-corrected chi connectivity index (χ2v) is 8.21. The average molecular weight is 388 g/mol. The highest BCUT2D eigenvalue weighted by molar-refractivity contribution is 7.90. The van der Waals surface area contributed by atoms with E-state index in [1.165, 1.54) is 18.2 Å². The maximum absolute atomic E-state index is 12.6. The third-order valence-corrected chi connectivity index (χ3v) is 6.31. The van der Waals surface area contributed by atoms with Crippen molar-refractivity contribution in [1.82, 2.24) is 14.9 Å². The van der Waals surface area contributed by atoms with Gasteiger partial charge >= 0.3 is 0 Å². The summed E-state index contributed by atoms with van der Waals surface area (Å²) < 4.78 is 26.0. The number of hydrogen-bond donors (Lipinski definition) is 2. The van der Waals surface area contributed by atoms with Crippen LogP contribution in [0.5, 0.6) is 0 Å². The van der Waals surface area contributed by atoms with Gasteiger partial charge in [-0.15, -0.1) is 12.4 Å². The Balaban J connectivity index is 0.00000225. The SMILES string of the molecule is CC(C)N1C(=O)c2ccc(C(=O)N[C@H]3CCCNC3)cc2S1(=O)=O.Cl. The van der Waals surface area contributed by atoms with E-state index in [0.717, 1.165) is 23.7 Å². The van der Waals surface area contributed by atoms with Crippen molar-refractivity contribution >= 4 is 34.2 Å². The molecule has 0 aliphatic carbocycles. The van der Waals surface area contributed by atoms with Crippen LogP contribution >= 0.6 is 12.4 Å². The number of rotatable bonds is 3. The summed E-state index contributed by atoms with van der Waals surface area (Å²) in [7, 11) is -3.89. The molecule has 1 saturated heterocycles. The Morgan fingerprint density at radius 3 is 2.68 bits per heavy atom. The second kappa shape index (κ2) is 7.31. The molecule has 1 atom stereocenters. The summed E-state index contributed by atoms with van der Waals surface area (Å²) in [5.41, 5.74) is 0.376. The molecule has 2 aliphatic heterocycles. The highest BCUT2D eigenvalue weighted by Crippen LogP contribution is 2.32. The van der Waals surface area contributed by atoms with Crippen molar-refractivity contribution in [3.63, 3.8) is 0 Å². The summed E-state index contributed by atoms with van der Waals surface area (Å²) in [5.74, 6) is -0.861. The number of carbonyl (C=O) groups excluding carboxylic acids is 2. The number of benzene rings is 1. The van der Waals surface area contributed by atoms with Crippen LogP contribution in [0.2, 0.25) is 0 Å². The van der Waals surface area contributed by atoms with Crippen LogP contribution in [0, 0.1) is 0 Å². The first kappa shape index (κ1) is 19.7. The topological polar surface area (TPSA) is 95.6 Å². The summed E-state index contributed by atoms with van der Waals surface area (Å²) in [4.78, 5) is 24.6. The van der Waals surface area contributed by atoms with Crippen LogP contribution in [0.15, 0.2) is 23.1 Å². The molecule has 1 fully saturated rings. The lowest BCUT2D eigenvalue weighted by atomic mass is 10.1. The molecule has 138 valence electrons. The number of halogens is 1. The Hall–Kier alpha value is -1.64. The molecule has 9 heteroatoms. The number of amides is 2. The maximum atomic E-state index is 12.6. The first-order valence-electron chi connectivity index (χ1n) is 8.07. The third-order valence-electron chi connectivity index (χ3n) is 4.31. The van der Waals surface area contributed by atoms with E-state index in [1.807, 2.05) is 0 Å². The quantitative estimate of drug-likeness (QED) is 0.810. The zero-order chi connectivity index (χ0) is 17.5. The molecule has 2 N–H and O–H groups in total. The molecule has 1 aromatic rings. The fourth-order valence-electron chi connectivity index (χ4n) is 3.14. The molecule has 0 radical (unpaired) electrons. The van der Waals surface area contributed by atoms with Crippen molar-refractivity contribution in [2.75, 3.05) is 13.1 Å². The zero-order valence-electron chi connectivity index (χ0n) is 14.1. The van der Waals surface area contributed by atoms with Gasteiger partial charge in [0.15, 0.2) is 0 Å². The number of carbonyl (C=O) groups is 2. The van der Waals surface area contributed by atoms with Crippen molar-refractivity contribution in [2.24, 2.45) is 0 Å². The highest BCUT2D eigenvalue weighted by atomic mass is 35.5. The number of sulfonamides is 1. The molecular weight excluding hydrogens is 366 g/mol. The van der Waals surface area contributed by atoms with Crippen LogP contribution in [0.1, 0.15) is 47.4 Å². The number of hydrogen-bond acceptors (Lipinski definition) is 5. The van der Waals surface area contributed by atoms with E-state index in [0.29, 0.717) is 6.54 Å². The number of nitrogens with one attached hydrogen (secondary N) is 2. The van der Waals surface area contributed by atoms with Crippen molar-refractivity contribution in [1.29, 1.82) is 0 Å². The van der Waals surface area contributed by atoms with Crippen LogP contribution in [0.3, 0.4) is 0 Å². The largest absolute Gasteiger partial charge is 0.348 e. The van der Waals surface area contributed by atoms with Gasteiger partial charge < -0.3 is 10.6 Å². The number of nitrogens with zero attached hydrogens (tertiary/aromatic N) is 1. The van der Waals surface area contributed by atoms with Gasteiger partial charge in [-0.1, -0.05) is 0 Å². The van der Waals surface area contributed by atoms with Gasteiger partial charge in [0, 0.05) is 24.2 Å². The van der Waals surface area contributed by atoms with Crippen molar-refractivity contribution in [3.05, 3.63) is 29.3 Å². The first-order chi connectivity index (χ1) is 11.3. The summed E-state index contributed by atoms with van der Waals surface area (Å²) in [6, 6.07) is 3.79. The van der Waals surface area contributed by atoms with Gasteiger partial charge in [-0.3, -0.25) is 9.59 Å². The van der Waals surface area contributed by atoms with Crippen molar-refractivity contribution in [2.45, 2.75) is 43.7 Å². The predicted octanol–water partition coefficient (Wildman–Crippen LogP) is 1.14. The van der Waals surface area contributed by atoms with E-state index in [-0.39, 0.29) is 40.4 Å². The molecule has 2 heterocycles. The standard InChI is InChI=1S/C16H21N3O4S.ClH/c1-10(2)19-16(21)13-6-5-11(8-14(13)24(19,22)23)15(20)18-12-4-3-7-17-9-12;/h5-6,8,10,12,17H,3-4,7,9H2,1-2H3,(H,18,20);1H/t12-;/m0./s1. The average Bonchev–Trinajstić information content (AvgIpc) is 2.74. The lowest BCUT2D eigenvalue weighted by Gasteiger charge is -2.23. The summed E-state index contributed by atoms with van der Waals surface area (Å²) >= 11 is 0. The Morgan fingerprint density at radius 1 is 1.36 bits per heavy atom. The molecule has 2 amide bonds. The minimum absolute atomic E-state index is 0. The van der Waals surface area contributed by atoms with Crippen LogP contribution in [-0.4, -0.2) is 49.7 Å². The van der Waals surface area contributed by atoms with E-state index in [9.17, 15) is 18.0 Å². The zero-order valence-corrected chi connectivity index (χ0v) is 15.7. The van der Waals surface area contributed by atoms with E-state index in [2.05, 4.69) is 10.6 Å². The van der Waals surface area contributed by atoms with Crippen LogP contribution in [-0.2, 0) is 10.0 Å². The Morgan fingerprint density at radius 2 is 2.08 bits per heavy atom. The normalized spacial score (nSPS) is 21.6. The van der Waals surface area contributed by atoms with Gasteiger partial charge in [0.2, 0.25) is 0 Å². The minimum atomic E-state index is -3.89. The lowest BCUT2D eigenvalue weighted by Crippen LogP contribution is -2.45. The van der Waals surface area contributed by atoms with Gasteiger partial charge in [0.25, 0.3) is 21.8 Å². The molecule has 2 aliphatic rings. The van der Waals surface area contributed by atoms with E-state index < -0.39 is 22.0 Å². The molecule has 0 spiro atoms. The van der Waals surface area contributed by atoms with E-state index >= 15 is 0 Å². The van der Waals surface area contributed by atoms with Crippen LogP contribution < -0.4 is 10.6 Å². The lowest BCUT2D eigenvalue weighted by molar-refractivity contribution is 0.0845. The molecule has 25 heavy (non-hydrogen) atoms. The summed E-state index contributed by atoms with van der Waals surface area (Å²) in [5, 5.41) is 6.11. The number of fused-ring (bicyclic) bond motifs is 1. The fourth-order valence-corrected chi connectivity index (χ4v) is 4.94. The molecule has 1 aromatic carbocycles. The van der Waals surface area contributed by atoms with Crippen LogP contribution in [0.4, 0.5) is 0 Å². The fraction of sp³-hybridized carbons (Fsp3) is 0.500. The molecule has 0 saturated carbocycles. The molecule has 0 bridgehead atoms. The van der Waals surface area contributed by atoms with Crippen molar-refractivity contribution < 1.29 is 18.0 Å². The van der Waals surface area contributed by atoms with E-state index in [1.54, 1.807) is 13.8 Å². The monoisotopic (exact) mass is 387 g/mol. The molecule has 0 aromatic heterocycles. The summed E-state index contributed by atoms with van der Waals surface area (Å²) in [6.07, 6.45) is 1.88. The summed E-state index contributed by atoms with van der Waals surface area (Å²) in [6.45, 7) is 4.93. The molecule has 7 nitrogen and oxygen atoms in total. The highest BCUT2D eigenvalue weighted by Gasteiger charge is 2.42. The van der Waals surface area contributed by atoms with E-state index in [4.69, 9.17) is 0 Å². The number of piperidine rings is 1. The molecule has 0 unspecified atom stereocenters. The predicted molar refractivity (Wildman–Crippen MR) is 95.5 cm³/mol.